The summed E-state index contributed by atoms with van der Waals surface area (Å²) in [5, 5.41) is 3.89. The van der Waals surface area contributed by atoms with E-state index in [1.165, 1.54) is 36.1 Å². The monoisotopic (exact) mass is 443 g/mol. The normalized spacial score (nSPS) is 11.3. The van der Waals surface area contributed by atoms with Gasteiger partial charge in [-0.1, -0.05) is 11.6 Å². The van der Waals surface area contributed by atoms with Crippen molar-refractivity contribution < 1.29 is 27.2 Å². The van der Waals surface area contributed by atoms with Crippen molar-refractivity contribution in [2.24, 2.45) is 0 Å². The Morgan fingerprint density at radius 3 is 2.72 bits per heavy atom. The van der Waals surface area contributed by atoms with E-state index >= 15 is 0 Å². The maximum Gasteiger partial charge on any atom is 0.417 e. The highest BCUT2D eigenvalue weighted by Gasteiger charge is 2.33. The third-order valence-corrected chi connectivity index (χ3v) is 4.92. The number of aromatic nitrogens is 1. The molecule has 0 radical (unpaired) electrons. The van der Waals surface area contributed by atoms with Crippen LogP contribution < -0.4 is 5.32 Å². The summed E-state index contributed by atoms with van der Waals surface area (Å²) in [6.45, 7) is -0.379. The lowest BCUT2D eigenvalue weighted by Crippen LogP contribution is -2.35. The molecular formula is C18H13ClF3N3O3S. The van der Waals surface area contributed by atoms with E-state index in [4.69, 9.17) is 16.0 Å². The summed E-state index contributed by atoms with van der Waals surface area (Å²) in [5.74, 6) is -0.670. The number of hydrogen-bond donors (Lipinski definition) is 1. The van der Waals surface area contributed by atoms with Gasteiger partial charge in [-0.15, -0.1) is 11.3 Å². The van der Waals surface area contributed by atoms with E-state index in [1.807, 2.05) is 0 Å². The van der Waals surface area contributed by atoms with Crippen LogP contribution in [0.2, 0.25) is 5.02 Å². The molecule has 0 aliphatic rings. The number of halogens is 4. The van der Waals surface area contributed by atoms with Crippen molar-refractivity contribution in [3.63, 3.8) is 0 Å². The number of nitrogens with one attached hydrogen (secondary N) is 1. The fraction of sp³-hybridized carbons (Fsp3) is 0.167. The number of furan rings is 1. The van der Waals surface area contributed by atoms with Crippen LogP contribution in [-0.4, -0.2) is 35.3 Å². The van der Waals surface area contributed by atoms with E-state index in [2.05, 4.69) is 10.3 Å². The summed E-state index contributed by atoms with van der Waals surface area (Å²) in [4.78, 5) is 29.9. The minimum Gasteiger partial charge on any atom is -0.462 e. The van der Waals surface area contributed by atoms with Crippen molar-refractivity contribution in [2.45, 2.75) is 6.18 Å². The Hall–Kier alpha value is -2.85. The average molecular weight is 444 g/mol. The highest BCUT2D eigenvalue weighted by molar-refractivity contribution is 7.13. The third kappa shape index (κ3) is 4.96. The van der Waals surface area contributed by atoms with Gasteiger partial charge in [0.1, 0.15) is 5.69 Å². The van der Waals surface area contributed by atoms with Gasteiger partial charge in [0, 0.05) is 18.1 Å². The lowest BCUT2D eigenvalue weighted by Gasteiger charge is -2.16. The molecule has 0 saturated heterocycles. The summed E-state index contributed by atoms with van der Waals surface area (Å²) in [7, 11) is 1.39. The van der Waals surface area contributed by atoms with Crippen LogP contribution in [0.1, 0.15) is 16.1 Å². The van der Waals surface area contributed by atoms with Crippen molar-refractivity contribution in [3.8, 4) is 10.8 Å². The minimum absolute atomic E-state index is 0.0821. The Morgan fingerprint density at radius 2 is 2.07 bits per heavy atom. The Morgan fingerprint density at radius 1 is 1.31 bits per heavy atom. The number of amides is 2. The first-order chi connectivity index (χ1) is 13.6. The second-order valence-electron chi connectivity index (χ2n) is 5.92. The zero-order chi connectivity index (χ0) is 21.2. The quantitative estimate of drug-likeness (QED) is 0.615. The molecule has 0 aliphatic carbocycles. The maximum atomic E-state index is 12.9. The van der Waals surface area contributed by atoms with Gasteiger partial charge in [0.05, 0.1) is 23.4 Å². The minimum atomic E-state index is -4.65. The van der Waals surface area contributed by atoms with Crippen molar-refractivity contribution in [2.75, 3.05) is 18.9 Å². The highest BCUT2D eigenvalue weighted by Crippen LogP contribution is 2.36. The van der Waals surface area contributed by atoms with Gasteiger partial charge in [-0.05, 0) is 30.3 Å². The number of benzene rings is 1. The number of nitrogens with zero attached hydrogens (tertiary/aromatic N) is 2. The van der Waals surface area contributed by atoms with Gasteiger partial charge < -0.3 is 14.6 Å². The zero-order valence-corrected chi connectivity index (χ0v) is 16.4. The molecule has 2 aromatic heterocycles. The molecular weight excluding hydrogens is 431 g/mol. The number of hydrogen-bond acceptors (Lipinski definition) is 5. The van der Waals surface area contributed by atoms with E-state index < -0.39 is 28.6 Å². The molecule has 0 fully saturated rings. The summed E-state index contributed by atoms with van der Waals surface area (Å²) in [6.07, 6.45) is -3.17. The van der Waals surface area contributed by atoms with Crippen LogP contribution in [-0.2, 0) is 11.0 Å². The van der Waals surface area contributed by atoms with Crippen LogP contribution in [0.3, 0.4) is 0 Å². The lowest BCUT2D eigenvalue weighted by molar-refractivity contribution is -0.137. The fourth-order valence-electron chi connectivity index (χ4n) is 2.39. The Bertz CT molecular complexity index is 1030. The van der Waals surface area contributed by atoms with Crippen LogP contribution in [0.5, 0.6) is 0 Å². The van der Waals surface area contributed by atoms with Gasteiger partial charge in [-0.3, -0.25) is 9.59 Å². The summed E-state index contributed by atoms with van der Waals surface area (Å²) in [6, 6.07) is 6.41. The summed E-state index contributed by atoms with van der Waals surface area (Å²) in [5.41, 5.74) is -1.02. The summed E-state index contributed by atoms with van der Waals surface area (Å²) < 4.78 is 43.9. The second kappa shape index (κ2) is 8.26. The van der Waals surface area contributed by atoms with Gasteiger partial charge in [0.15, 0.2) is 10.8 Å². The molecule has 0 atom stereocenters. The van der Waals surface area contributed by atoms with E-state index in [0.29, 0.717) is 10.8 Å². The molecule has 0 saturated carbocycles. The molecule has 11 heteroatoms. The Balaban J connectivity index is 1.64. The standard InChI is InChI=1S/C18H13ClF3N3O3S/c1-25(17(27)13-9-29-16(24-13)14-3-2-6-28-14)8-15(26)23-10-4-5-12(19)11(7-10)18(20,21)22/h2-7,9H,8H2,1H3,(H,23,26). The van der Waals surface area contributed by atoms with E-state index in [0.717, 1.165) is 17.0 Å². The highest BCUT2D eigenvalue weighted by atomic mass is 35.5. The molecule has 0 spiro atoms. The molecule has 1 N–H and O–H groups in total. The topological polar surface area (TPSA) is 75.4 Å². The van der Waals surface area contributed by atoms with Gasteiger partial charge >= 0.3 is 6.18 Å². The number of rotatable bonds is 5. The van der Waals surface area contributed by atoms with Gasteiger partial charge in [-0.2, -0.15) is 13.2 Å². The van der Waals surface area contributed by atoms with Gasteiger partial charge in [-0.25, -0.2) is 4.98 Å². The first kappa shape index (κ1) is 20.9. The number of carbonyl (C=O) groups excluding carboxylic acids is 2. The van der Waals surface area contributed by atoms with Crippen LogP contribution in [0.4, 0.5) is 18.9 Å². The number of likely N-dealkylation sites (N-methyl/N-ethyl adjacent to an activating group) is 1. The fourth-order valence-corrected chi connectivity index (χ4v) is 3.37. The zero-order valence-electron chi connectivity index (χ0n) is 14.8. The molecule has 0 bridgehead atoms. The number of thiazole rings is 1. The molecule has 6 nitrogen and oxygen atoms in total. The van der Waals surface area contributed by atoms with E-state index in [1.54, 1.807) is 12.1 Å². The molecule has 2 amide bonds. The van der Waals surface area contributed by atoms with Gasteiger partial charge in [0.25, 0.3) is 5.91 Å². The van der Waals surface area contributed by atoms with Crippen LogP contribution >= 0.6 is 22.9 Å². The molecule has 0 unspecified atom stereocenters. The maximum absolute atomic E-state index is 12.9. The molecule has 29 heavy (non-hydrogen) atoms. The van der Waals surface area contributed by atoms with E-state index in [-0.39, 0.29) is 17.9 Å². The molecule has 3 aromatic rings. The second-order valence-corrected chi connectivity index (χ2v) is 7.18. The third-order valence-electron chi connectivity index (χ3n) is 3.74. The van der Waals surface area contributed by atoms with Crippen molar-refractivity contribution in [1.29, 1.82) is 0 Å². The summed E-state index contributed by atoms with van der Waals surface area (Å²) >= 11 is 6.76. The largest absolute Gasteiger partial charge is 0.462 e. The lowest BCUT2D eigenvalue weighted by atomic mass is 10.2. The van der Waals surface area contributed by atoms with Crippen LogP contribution in [0, 0.1) is 0 Å². The Kier molecular flexibility index (Phi) is 5.94. The molecule has 2 heterocycles. The van der Waals surface area contributed by atoms with Crippen molar-refractivity contribution in [1.82, 2.24) is 9.88 Å². The van der Waals surface area contributed by atoms with Crippen LogP contribution in [0.25, 0.3) is 10.8 Å². The molecule has 3 rings (SSSR count). The SMILES string of the molecule is CN(CC(=O)Nc1ccc(Cl)c(C(F)(F)F)c1)C(=O)c1csc(-c2ccco2)n1. The number of carbonyl (C=O) groups is 2. The predicted molar refractivity (Wildman–Crippen MR) is 102 cm³/mol. The van der Waals surface area contributed by atoms with Crippen LogP contribution in [0.15, 0.2) is 46.4 Å². The van der Waals surface area contributed by atoms with Gasteiger partial charge in [0.2, 0.25) is 5.91 Å². The van der Waals surface area contributed by atoms with Crippen molar-refractivity contribution in [3.05, 3.63) is 58.3 Å². The molecule has 0 aliphatic heterocycles. The molecule has 1 aromatic carbocycles. The first-order valence-electron chi connectivity index (χ1n) is 8.06. The molecule has 152 valence electrons. The first-order valence-corrected chi connectivity index (χ1v) is 9.32. The van der Waals surface area contributed by atoms with E-state index in [9.17, 15) is 22.8 Å². The average Bonchev–Trinajstić information content (AvgIpc) is 3.33. The predicted octanol–water partition coefficient (Wildman–Crippen LogP) is 4.79. The van der Waals surface area contributed by atoms with Crippen molar-refractivity contribution >= 4 is 40.4 Å². The number of alkyl halides is 3. The Labute approximate surface area is 171 Å². The number of anilines is 1. The smallest absolute Gasteiger partial charge is 0.417 e.